The Morgan fingerprint density at radius 2 is 1.45 bits per heavy atom. The van der Waals surface area contributed by atoms with Gasteiger partial charge in [-0.1, -0.05) is 64.4 Å². The number of carbonyl (C=O) groups is 5. The first kappa shape index (κ1) is 41.7. The number of rotatable bonds is 18. The Kier molecular flexibility index (Phi) is 16.5. The van der Waals surface area contributed by atoms with Gasteiger partial charge in [0.1, 0.15) is 18.1 Å². The van der Waals surface area contributed by atoms with E-state index in [1.807, 2.05) is 72.0 Å². The summed E-state index contributed by atoms with van der Waals surface area (Å²) in [4.78, 5) is 66.4. The third kappa shape index (κ3) is 16.6. The van der Waals surface area contributed by atoms with Crippen LogP contribution in [0.1, 0.15) is 65.0 Å². The van der Waals surface area contributed by atoms with Gasteiger partial charge in [-0.05, 0) is 67.5 Å². The second-order valence-electron chi connectivity index (χ2n) is 13.9. The molecule has 2 aromatic carbocycles. The standard InChI is InChI=1S/C36H50N8O7/c1-22(2)17-28(32(47)44-27(33(48)49)15-16-38-20-29(34(50)51)43-31(46)19-36(4,5)6)42-30(45)18-24-9-13-26(14-10-24)41-35(39-21-37)40-25-11-7-23(3)8-12-25/h7-14,22,27-29,38H,15-20H2,1-6H3,(H,42,45)(H,43,46)(H,44,47)(H,48,49)(H,50,51)(H2,39,40,41). The molecule has 0 aromatic heterocycles. The molecule has 0 spiro atoms. The van der Waals surface area contributed by atoms with E-state index in [9.17, 15) is 34.2 Å². The molecular weight excluding hydrogens is 656 g/mol. The molecule has 3 atom stereocenters. The first-order chi connectivity index (χ1) is 23.9. The van der Waals surface area contributed by atoms with Crippen LogP contribution in [0, 0.1) is 29.7 Å². The van der Waals surface area contributed by atoms with E-state index in [1.54, 1.807) is 24.3 Å². The van der Waals surface area contributed by atoms with Crippen molar-refractivity contribution in [1.82, 2.24) is 26.6 Å². The number of nitrogens with one attached hydrogen (secondary N) is 6. The number of aliphatic imine (C=N–C) groups is 1. The fourth-order valence-corrected chi connectivity index (χ4v) is 4.81. The van der Waals surface area contributed by atoms with Gasteiger partial charge in [0, 0.05) is 18.7 Å². The highest BCUT2D eigenvalue weighted by molar-refractivity contribution is 5.96. The number of nitrogens with zero attached hydrogens (tertiary/aromatic N) is 2. The lowest BCUT2D eigenvalue weighted by Gasteiger charge is -2.23. The van der Waals surface area contributed by atoms with Crippen LogP contribution in [0.25, 0.3) is 0 Å². The topological polar surface area (TPSA) is 234 Å². The second kappa shape index (κ2) is 20.2. The van der Waals surface area contributed by atoms with Gasteiger partial charge in [-0.2, -0.15) is 5.26 Å². The molecule has 2 rings (SSSR count). The van der Waals surface area contributed by atoms with Crippen LogP contribution in [0.5, 0.6) is 0 Å². The van der Waals surface area contributed by atoms with Gasteiger partial charge in [-0.15, -0.1) is 0 Å². The molecule has 0 radical (unpaired) electrons. The molecule has 0 aliphatic rings. The molecule has 0 saturated heterocycles. The number of carboxylic acid groups (broad SMARTS) is 2. The van der Waals surface area contributed by atoms with Gasteiger partial charge in [0.2, 0.25) is 23.7 Å². The summed E-state index contributed by atoms with van der Waals surface area (Å²) in [6, 6.07) is 10.8. The van der Waals surface area contributed by atoms with Crippen molar-refractivity contribution in [3.05, 3.63) is 59.7 Å². The van der Waals surface area contributed by atoms with Crippen molar-refractivity contribution in [3.63, 3.8) is 0 Å². The molecule has 15 nitrogen and oxygen atoms in total. The van der Waals surface area contributed by atoms with Crippen molar-refractivity contribution < 1.29 is 34.2 Å². The molecule has 0 fully saturated rings. The highest BCUT2D eigenvalue weighted by Gasteiger charge is 2.28. The number of hydrogen-bond donors (Lipinski definition) is 8. The molecule has 0 aliphatic heterocycles. The average Bonchev–Trinajstić information content (AvgIpc) is 3.02. The monoisotopic (exact) mass is 706 g/mol. The maximum absolute atomic E-state index is 13.2. The largest absolute Gasteiger partial charge is 0.480 e. The highest BCUT2D eigenvalue weighted by atomic mass is 16.4. The molecule has 0 heterocycles. The van der Waals surface area contributed by atoms with E-state index < -0.39 is 47.8 Å². The van der Waals surface area contributed by atoms with E-state index in [0.29, 0.717) is 16.9 Å². The van der Waals surface area contributed by atoms with Crippen molar-refractivity contribution in [3.8, 4) is 6.19 Å². The lowest BCUT2D eigenvalue weighted by atomic mass is 9.92. The average molecular weight is 707 g/mol. The minimum absolute atomic E-state index is 0.00409. The van der Waals surface area contributed by atoms with Gasteiger partial charge < -0.3 is 36.8 Å². The number of benzene rings is 2. The zero-order chi connectivity index (χ0) is 38.1. The maximum atomic E-state index is 13.2. The summed E-state index contributed by atoms with van der Waals surface area (Å²) in [5, 5.41) is 44.4. The number of aliphatic carboxylic acids is 2. The Morgan fingerprint density at radius 1 is 0.843 bits per heavy atom. The Balaban J connectivity index is 1.97. The van der Waals surface area contributed by atoms with E-state index in [1.165, 1.54) is 0 Å². The lowest BCUT2D eigenvalue weighted by Crippen LogP contribution is -2.53. The van der Waals surface area contributed by atoms with Crippen LogP contribution >= 0.6 is 0 Å². The number of guanidine groups is 1. The molecule has 51 heavy (non-hydrogen) atoms. The molecule has 15 heteroatoms. The zero-order valence-corrected chi connectivity index (χ0v) is 30.0. The van der Waals surface area contributed by atoms with Crippen LogP contribution in [0.2, 0.25) is 0 Å². The van der Waals surface area contributed by atoms with Crippen molar-refractivity contribution in [1.29, 1.82) is 5.26 Å². The fourth-order valence-electron chi connectivity index (χ4n) is 4.81. The number of amides is 3. The molecule has 3 amide bonds. The molecule has 3 unspecified atom stereocenters. The van der Waals surface area contributed by atoms with Crippen molar-refractivity contribution in [2.75, 3.05) is 18.4 Å². The summed E-state index contributed by atoms with van der Waals surface area (Å²) in [6.07, 6.45) is 2.12. The molecule has 0 aliphatic carbocycles. The van der Waals surface area contributed by atoms with E-state index in [4.69, 9.17) is 5.26 Å². The normalized spacial score (nSPS) is 13.3. The highest BCUT2D eigenvalue weighted by Crippen LogP contribution is 2.18. The number of nitriles is 1. The number of anilines is 1. The quantitative estimate of drug-likeness (QED) is 0.0369. The van der Waals surface area contributed by atoms with Gasteiger partial charge in [-0.25, -0.2) is 14.6 Å². The number of carboxylic acids is 2. The van der Waals surface area contributed by atoms with Crippen LogP contribution < -0.4 is 31.9 Å². The predicted octanol–water partition coefficient (Wildman–Crippen LogP) is 2.79. The molecule has 0 bridgehead atoms. The second-order valence-corrected chi connectivity index (χ2v) is 13.9. The van der Waals surface area contributed by atoms with Crippen molar-refractivity contribution in [2.45, 2.75) is 85.4 Å². The van der Waals surface area contributed by atoms with Crippen LogP contribution in [0.15, 0.2) is 53.5 Å². The number of aryl methyl sites for hydroxylation is 1. The molecular formula is C36H50N8O7. The number of hydrogen-bond acceptors (Lipinski definition) is 8. The van der Waals surface area contributed by atoms with Gasteiger partial charge in [0.15, 0.2) is 6.19 Å². The maximum Gasteiger partial charge on any atom is 0.327 e. The summed E-state index contributed by atoms with van der Waals surface area (Å²) in [5.74, 6) is -3.83. The third-order valence-electron chi connectivity index (χ3n) is 7.29. The first-order valence-corrected chi connectivity index (χ1v) is 16.7. The first-order valence-electron chi connectivity index (χ1n) is 16.7. The Hall–Kier alpha value is -5.49. The minimum Gasteiger partial charge on any atom is -0.480 e. The zero-order valence-electron chi connectivity index (χ0n) is 30.0. The SMILES string of the molecule is Cc1ccc(N=C(NC#N)Nc2ccc(CC(=O)NC(CC(C)C)C(=O)NC(CCNCC(NC(=O)CC(C)(C)C)C(=O)O)C(=O)O)cc2)cc1. The van der Waals surface area contributed by atoms with Crippen molar-refractivity contribution in [2.24, 2.45) is 16.3 Å². The van der Waals surface area contributed by atoms with Gasteiger partial charge in [0.25, 0.3) is 0 Å². The molecule has 0 saturated carbocycles. The Bertz CT molecular complexity index is 1560. The fraction of sp³-hybridized carbons (Fsp3) is 0.472. The Morgan fingerprint density at radius 3 is 2.00 bits per heavy atom. The van der Waals surface area contributed by atoms with Crippen LogP contribution in [-0.4, -0.2) is 77.0 Å². The summed E-state index contributed by atoms with van der Waals surface area (Å²) in [5.41, 5.74) is 2.66. The summed E-state index contributed by atoms with van der Waals surface area (Å²) in [6.45, 7) is 11.1. The van der Waals surface area contributed by atoms with Crippen LogP contribution in [-0.2, 0) is 30.4 Å². The van der Waals surface area contributed by atoms with Crippen LogP contribution in [0.4, 0.5) is 11.4 Å². The molecule has 8 N–H and O–H groups in total. The summed E-state index contributed by atoms with van der Waals surface area (Å²) < 4.78 is 0. The van der Waals surface area contributed by atoms with Gasteiger partial charge in [-0.3, -0.25) is 19.7 Å². The smallest absolute Gasteiger partial charge is 0.327 e. The van der Waals surface area contributed by atoms with E-state index >= 15 is 0 Å². The van der Waals surface area contributed by atoms with Crippen LogP contribution in [0.3, 0.4) is 0 Å². The number of carbonyl (C=O) groups excluding carboxylic acids is 3. The van der Waals surface area contributed by atoms with E-state index in [-0.39, 0.29) is 56.1 Å². The lowest BCUT2D eigenvalue weighted by molar-refractivity contribution is -0.143. The summed E-state index contributed by atoms with van der Waals surface area (Å²) in [7, 11) is 0. The van der Waals surface area contributed by atoms with Gasteiger partial charge >= 0.3 is 11.9 Å². The molecule has 2 aromatic rings. The Labute approximate surface area is 298 Å². The van der Waals surface area contributed by atoms with Crippen molar-refractivity contribution >= 4 is 47.0 Å². The minimum atomic E-state index is -1.31. The predicted molar refractivity (Wildman–Crippen MR) is 193 cm³/mol. The molecule has 276 valence electrons. The summed E-state index contributed by atoms with van der Waals surface area (Å²) >= 11 is 0. The van der Waals surface area contributed by atoms with E-state index in [2.05, 4.69) is 36.9 Å². The van der Waals surface area contributed by atoms with Gasteiger partial charge in [0.05, 0.1) is 12.1 Å². The van der Waals surface area contributed by atoms with E-state index in [0.717, 1.165) is 5.56 Å². The third-order valence-corrected chi connectivity index (χ3v) is 7.29.